The van der Waals surface area contributed by atoms with Crippen LogP contribution in [0.1, 0.15) is 37.7 Å². The Morgan fingerprint density at radius 1 is 1.38 bits per heavy atom. The normalized spacial score (nSPS) is 22.4. The molecule has 1 atom stereocenters. The molecule has 24 heavy (non-hydrogen) atoms. The van der Waals surface area contributed by atoms with Gasteiger partial charge in [-0.25, -0.2) is 0 Å². The second kappa shape index (κ2) is 7.27. The Hall–Kier alpha value is -1.99. The average molecular weight is 334 g/mol. The summed E-state index contributed by atoms with van der Waals surface area (Å²) in [5.74, 6) is -0.544. The van der Waals surface area contributed by atoms with Crippen LogP contribution in [0.5, 0.6) is 0 Å². The van der Waals surface area contributed by atoms with E-state index in [0.29, 0.717) is 32.5 Å². The topological polar surface area (TPSA) is 90.7 Å². The summed E-state index contributed by atoms with van der Waals surface area (Å²) in [4.78, 5) is 22.5. The summed E-state index contributed by atoms with van der Waals surface area (Å²) < 4.78 is 11.4. The lowest BCUT2D eigenvalue weighted by Crippen LogP contribution is -2.46. The van der Waals surface area contributed by atoms with E-state index in [1.54, 1.807) is 12.1 Å². The largest absolute Gasteiger partial charge is 0.353 e. The Kier molecular flexibility index (Phi) is 5.11. The number of hydrogen-bond donors (Lipinski definition) is 1. The highest BCUT2D eigenvalue weighted by Gasteiger charge is 2.41. The number of aryl methyl sites for hydroxylation is 1. The van der Waals surface area contributed by atoms with Crippen LogP contribution < -0.4 is 5.32 Å². The van der Waals surface area contributed by atoms with Crippen molar-refractivity contribution in [1.82, 2.24) is 5.32 Å². The highest BCUT2D eigenvalue weighted by molar-refractivity contribution is 5.76. The van der Waals surface area contributed by atoms with Crippen molar-refractivity contribution in [1.29, 1.82) is 0 Å². The minimum Gasteiger partial charge on any atom is -0.353 e. The molecule has 1 saturated heterocycles. The predicted octanol–water partition coefficient (Wildman–Crippen LogP) is 2.33. The summed E-state index contributed by atoms with van der Waals surface area (Å²) in [7, 11) is 0. The van der Waals surface area contributed by atoms with E-state index < -0.39 is 10.7 Å². The quantitative estimate of drug-likeness (QED) is 0.659. The fourth-order valence-electron chi connectivity index (χ4n) is 3.46. The molecule has 1 spiro atoms. The van der Waals surface area contributed by atoms with E-state index in [-0.39, 0.29) is 17.6 Å². The van der Waals surface area contributed by atoms with E-state index in [9.17, 15) is 14.9 Å². The molecule has 1 heterocycles. The van der Waals surface area contributed by atoms with Crippen molar-refractivity contribution in [3.05, 3.63) is 39.9 Å². The van der Waals surface area contributed by atoms with Gasteiger partial charge in [-0.05, 0) is 24.8 Å². The van der Waals surface area contributed by atoms with Crippen LogP contribution in [-0.4, -0.2) is 35.9 Å². The molecular formula is C17H22N2O5. The molecule has 1 saturated carbocycles. The fraction of sp³-hybridized carbons (Fsp3) is 0.588. The molecule has 2 aliphatic rings. The molecule has 2 fully saturated rings. The molecule has 0 unspecified atom stereocenters. The number of rotatable bonds is 5. The highest BCUT2D eigenvalue weighted by Crippen LogP contribution is 2.35. The van der Waals surface area contributed by atoms with E-state index in [1.165, 1.54) is 12.1 Å². The first-order chi connectivity index (χ1) is 11.6. The van der Waals surface area contributed by atoms with Gasteiger partial charge in [0.25, 0.3) is 5.69 Å². The van der Waals surface area contributed by atoms with Gasteiger partial charge in [-0.15, -0.1) is 0 Å². The third-order valence-corrected chi connectivity index (χ3v) is 4.61. The van der Waals surface area contributed by atoms with Crippen LogP contribution >= 0.6 is 0 Å². The van der Waals surface area contributed by atoms with Gasteiger partial charge in [0.2, 0.25) is 5.91 Å². The summed E-state index contributed by atoms with van der Waals surface area (Å²) >= 11 is 0. The molecule has 0 radical (unpaired) electrons. The van der Waals surface area contributed by atoms with E-state index in [2.05, 4.69) is 5.32 Å². The molecule has 1 aliphatic carbocycles. The number of nitro benzene ring substituents is 1. The SMILES string of the molecule is O=C(CCc1cccc([N+](=O)[O-])c1)N[C@@H]1CCCC2(C1)OCCO2. The average Bonchev–Trinajstić information content (AvgIpc) is 3.01. The van der Waals surface area contributed by atoms with Crippen LogP contribution in [0.15, 0.2) is 24.3 Å². The second-order valence-corrected chi connectivity index (χ2v) is 6.40. The maximum Gasteiger partial charge on any atom is 0.269 e. The van der Waals surface area contributed by atoms with Crippen LogP contribution in [0, 0.1) is 10.1 Å². The van der Waals surface area contributed by atoms with Crippen LogP contribution in [0.4, 0.5) is 5.69 Å². The number of nitrogens with zero attached hydrogens (tertiary/aromatic N) is 1. The van der Waals surface area contributed by atoms with Crippen LogP contribution in [0.25, 0.3) is 0 Å². The lowest BCUT2D eigenvalue weighted by molar-refractivity contribution is -0.384. The number of carbonyl (C=O) groups is 1. The molecule has 1 aromatic carbocycles. The number of hydrogen-bond acceptors (Lipinski definition) is 5. The van der Waals surface area contributed by atoms with Gasteiger partial charge >= 0.3 is 0 Å². The molecule has 7 heteroatoms. The fourth-order valence-corrected chi connectivity index (χ4v) is 3.46. The summed E-state index contributed by atoms with van der Waals surface area (Å²) in [6, 6.07) is 6.48. The molecule has 1 aromatic rings. The van der Waals surface area contributed by atoms with Crippen LogP contribution in [0.2, 0.25) is 0 Å². The van der Waals surface area contributed by atoms with E-state index in [4.69, 9.17) is 9.47 Å². The third-order valence-electron chi connectivity index (χ3n) is 4.61. The lowest BCUT2D eigenvalue weighted by atomic mass is 9.89. The first-order valence-corrected chi connectivity index (χ1v) is 8.37. The van der Waals surface area contributed by atoms with Crippen molar-refractivity contribution in [2.75, 3.05) is 13.2 Å². The Labute approximate surface area is 140 Å². The van der Waals surface area contributed by atoms with Crippen molar-refractivity contribution >= 4 is 11.6 Å². The Bertz CT molecular complexity index is 613. The zero-order chi connectivity index (χ0) is 17.0. The van der Waals surface area contributed by atoms with Crippen LogP contribution in [0.3, 0.4) is 0 Å². The number of ether oxygens (including phenoxy) is 2. The molecule has 130 valence electrons. The number of non-ortho nitro benzene ring substituents is 1. The number of nitrogens with one attached hydrogen (secondary N) is 1. The van der Waals surface area contributed by atoms with E-state index >= 15 is 0 Å². The standard InChI is InChI=1S/C17H22N2O5/c20-16(7-6-13-3-1-5-15(11-13)19(21)22)18-14-4-2-8-17(12-14)23-9-10-24-17/h1,3,5,11,14H,2,4,6-10,12H2,(H,18,20)/t14-/m1/s1. The first kappa shape index (κ1) is 16.9. The van der Waals surface area contributed by atoms with Crippen molar-refractivity contribution in [3.8, 4) is 0 Å². The van der Waals surface area contributed by atoms with Crippen LogP contribution in [-0.2, 0) is 20.7 Å². The van der Waals surface area contributed by atoms with Crippen molar-refractivity contribution in [3.63, 3.8) is 0 Å². The monoisotopic (exact) mass is 334 g/mol. The molecular weight excluding hydrogens is 312 g/mol. The summed E-state index contributed by atoms with van der Waals surface area (Å²) in [5.41, 5.74) is 0.847. The van der Waals surface area contributed by atoms with Gasteiger partial charge in [0.15, 0.2) is 5.79 Å². The summed E-state index contributed by atoms with van der Waals surface area (Å²) in [5, 5.41) is 13.8. The zero-order valence-corrected chi connectivity index (χ0v) is 13.5. The Balaban J connectivity index is 1.49. The van der Waals surface area contributed by atoms with Gasteiger partial charge in [-0.1, -0.05) is 12.1 Å². The van der Waals surface area contributed by atoms with E-state index in [0.717, 1.165) is 24.8 Å². The van der Waals surface area contributed by atoms with Crippen molar-refractivity contribution in [2.24, 2.45) is 0 Å². The summed E-state index contributed by atoms with van der Waals surface area (Å²) in [6.45, 7) is 1.24. The van der Waals surface area contributed by atoms with Gasteiger partial charge in [0.05, 0.1) is 18.1 Å². The maximum atomic E-state index is 12.2. The Morgan fingerprint density at radius 3 is 2.92 bits per heavy atom. The maximum absolute atomic E-state index is 12.2. The van der Waals surface area contributed by atoms with Gasteiger partial charge < -0.3 is 14.8 Å². The number of carbonyl (C=O) groups excluding carboxylic acids is 1. The van der Waals surface area contributed by atoms with Crippen molar-refractivity contribution < 1.29 is 19.2 Å². The molecule has 1 amide bonds. The molecule has 0 bridgehead atoms. The van der Waals surface area contributed by atoms with Gasteiger partial charge in [-0.2, -0.15) is 0 Å². The first-order valence-electron chi connectivity index (χ1n) is 8.37. The molecule has 1 aliphatic heterocycles. The Morgan fingerprint density at radius 2 is 2.17 bits per heavy atom. The lowest BCUT2D eigenvalue weighted by Gasteiger charge is -2.36. The third kappa shape index (κ3) is 4.10. The number of nitro groups is 1. The van der Waals surface area contributed by atoms with Gasteiger partial charge in [-0.3, -0.25) is 14.9 Å². The smallest absolute Gasteiger partial charge is 0.269 e. The predicted molar refractivity (Wildman–Crippen MR) is 86.5 cm³/mol. The molecule has 7 nitrogen and oxygen atoms in total. The van der Waals surface area contributed by atoms with Crippen molar-refractivity contribution in [2.45, 2.75) is 50.4 Å². The minimum atomic E-state index is -0.504. The number of amides is 1. The number of benzene rings is 1. The van der Waals surface area contributed by atoms with E-state index in [1.807, 2.05) is 0 Å². The second-order valence-electron chi connectivity index (χ2n) is 6.40. The molecule has 1 N–H and O–H groups in total. The van der Waals surface area contributed by atoms with Gasteiger partial charge in [0, 0.05) is 37.4 Å². The highest BCUT2D eigenvalue weighted by atomic mass is 16.7. The summed E-state index contributed by atoms with van der Waals surface area (Å²) in [6.07, 6.45) is 4.26. The minimum absolute atomic E-state index is 0.0402. The van der Waals surface area contributed by atoms with Gasteiger partial charge in [0.1, 0.15) is 0 Å². The molecule has 0 aromatic heterocycles. The molecule has 3 rings (SSSR count). The zero-order valence-electron chi connectivity index (χ0n) is 13.5.